The van der Waals surface area contributed by atoms with Crippen molar-refractivity contribution in [3.05, 3.63) is 122 Å². The van der Waals surface area contributed by atoms with E-state index in [1.807, 2.05) is 59.3 Å². The Morgan fingerprint density at radius 1 is 0.944 bits per heavy atom. The molecule has 2 aromatic carbocycles. The number of thiazole rings is 1. The Morgan fingerprint density at radius 2 is 1.72 bits per heavy atom. The predicted octanol–water partition coefficient (Wildman–Crippen LogP) is 5.02. The molecular weight excluding hydrogens is 494 g/mol. The van der Waals surface area contributed by atoms with Crippen molar-refractivity contribution in [2.75, 3.05) is 0 Å². The Labute approximate surface area is 214 Å². The molecule has 178 valence electrons. The molecule has 36 heavy (non-hydrogen) atoms. The fraction of sp³-hybridized carbons (Fsp3) is 0.111. The molecule has 0 unspecified atom stereocenters. The van der Waals surface area contributed by atoms with E-state index in [1.54, 1.807) is 34.5 Å². The van der Waals surface area contributed by atoms with Gasteiger partial charge in [-0.1, -0.05) is 65.4 Å². The molecule has 6 aromatic rings. The van der Waals surface area contributed by atoms with Gasteiger partial charge in [0, 0.05) is 18.0 Å². The molecule has 0 saturated carbocycles. The first kappa shape index (κ1) is 22.5. The van der Waals surface area contributed by atoms with Crippen molar-refractivity contribution >= 4 is 44.1 Å². The van der Waals surface area contributed by atoms with Crippen LogP contribution in [0.3, 0.4) is 0 Å². The molecule has 0 radical (unpaired) electrons. The van der Waals surface area contributed by atoms with Crippen LogP contribution < -0.4 is 11.1 Å². The average molecular weight is 514 g/mol. The van der Waals surface area contributed by atoms with Crippen LogP contribution in [0.2, 0.25) is 5.02 Å². The first-order chi connectivity index (χ1) is 17.5. The Morgan fingerprint density at radius 3 is 2.47 bits per heavy atom. The molecule has 0 bridgehead atoms. The Bertz CT molecular complexity index is 1820. The van der Waals surface area contributed by atoms with Gasteiger partial charge in [-0.15, -0.1) is 0 Å². The van der Waals surface area contributed by atoms with Gasteiger partial charge in [-0.05, 0) is 36.8 Å². The zero-order valence-corrected chi connectivity index (χ0v) is 20.8. The summed E-state index contributed by atoms with van der Waals surface area (Å²) < 4.78 is 6.01. The zero-order chi connectivity index (χ0) is 24.8. The first-order valence-electron chi connectivity index (χ1n) is 11.4. The van der Waals surface area contributed by atoms with Crippen LogP contribution in [0.5, 0.6) is 0 Å². The predicted molar refractivity (Wildman–Crippen MR) is 144 cm³/mol. The standard InChI is InChI=1S/C27H20ClN5O2S/c1-17-25-22(13-24(34)31(17)16-20-12-11-19(28)14-29-20)32(15-18-7-3-2-4-8-18)33(26(25)35)27-30-21-9-5-6-10-23(21)36-27/h2-14H,15-16H2,1H3. The number of benzene rings is 2. The van der Waals surface area contributed by atoms with Gasteiger partial charge in [0.1, 0.15) is 0 Å². The maximum absolute atomic E-state index is 14.0. The van der Waals surface area contributed by atoms with Crippen molar-refractivity contribution in [2.45, 2.75) is 20.0 Å². The third kappa shape index (κ3) is 3.84. The number of halogens is 1. The van der Waals surface area contributed by atoms with E-state index >= 15 is 0 Å². The lowest BCUT2D eigenvalue weighted by atomic mass is 10.2. The monoisotopic (exact) mass is 513 g/mol. The maximum Gasteiger partial charge on any atom is 0.283 e. The van der Waals surface area contributed by atoms with Crippen LogP contribution in [0, 0.1) is 6.92 Å². The van der Waals surface area contributed by atoms with Gasteiger partial charge in [0.25, 0.3) is 11.1 Å². The summed E-state index contributed by atoms with van der Waals surface area (Å²) in [6.07, 6.45) is 1.55. The van der Waals surface area contributed by atoms with Crippen LogP contribution in [-0.2, 0) is 13.1 Å². The minimum absolute atomic E-state index is 0.208. The van der Waals surface area contributed by atoms with Gasteiger partial charge < -0.3 is 4.57 Å². The van der Waals surface area contributed by atoms with E-state index in [4.69, 9.17) is 16.6 Å². The van der Waals surface area contributed by atoms with E-state index in [9.17, 15) is 9.59 Å². The summed E-state index contributed by atoms with van der Waals surface area (Å²) in [5, 5.41) is 1.57. The number of para-hydroxylation sites is 1. The fourth-order valence-electron chi connectivity index (χ4n) is 4.46. The van der Waals surface area contributed by atoms with Crippen LogP contribution in [0.1, 0.15) is 17.0 Å². The lowest BCUT2D eigenvalue weighted by Gasteiger charge is -2.12. The second-order valence-electron chi connectivity index (χ2n) is 8.51. The summed E-state index contributed by atoms with van der Waals surface area (Å²) in [4.78, 5) is 36.3. The molecule has 4 aromatic heterocycles. The number of aryl methyl sites for hydroxylation is 1. The third-order valence-electron chi connectivity index (χ3n) is 6.22. The number of aromatic nitrogens is 5. The second kappa shape index (κ2) is 8.89. The van der Waals surface area contributed by atoms with Gasteiger partial charge in [-0.25, -0.2) is 4.98 Å². The Kier molecular flexibility index (Phi) is 5.55. The Hall–Kier alpha value is -4.01. The van der Waals surface area contributed by atoms with E-state index in [-0.39, 0.29) is 17.7 Å². The number of fused-ring (bicyclic) bond motifs is 2. The van der Waals surface area contributed by atoms with Crippen molar-refractivity contribution in [1.29, 1.82) is 0 Å². The number of rotatable bonds is 5. The second-order valence-corrected chi connectivity index (χ2v) is 9.95. The number of nitrogens with zero attached hydrogens (tertiary/aromatic N) is 5. The molecule has 0 aliphatic carbocycles. The molecular formula is C27H20ClN5O2S. The van der Waals surface area contributed by atoms with E-state index < -0.39 is 0 Å². The first-order valence-corrected chi connectivity index (χ1v) is 12.6. The highest BCUT2D eigenvalue weighted by Crippen LogP contribution is 2.26. The van der Waals surface area contributed by atoms with Crippen LogP contribution >= 0.6 is 22.9 Å². The fourth-order valence-corrected chi connectivity index (χ4v) is 5.54. The smallest absolute Gasteiger partial charge is 0.283 e. The highest BCUT2D eigenvalue weighted by molar-refractivity contribution is 7.20. The zero-order valence-electron chi connectivity index (χ0n) is 19.3. The lowest BCUT2D eigenvalue weighted by Crippen LogP contribution is -2.24. The van der Waals surface area contributed by atoms with Crippen LogP contribution in [0.25, 0.3) is 26.3 Å². The van der Waals surface area contributed by atoms with Crippen molar-refractivity contribution in [3.63, 3.8) is 0 Å². The lowest BCUT2D eigenvalue weighted by molar-refractivity contribution is 0.610. The van der Waals surface area contributed by atoms with E-state index in [0.717, 1.165) is 15.8 Å². The molecule has 4 heterocycles. The largest absolute Gasteiger partial charge is 0.306 e. The van der Waals surface area contributed by atoms with Crippen molar-refractivity contribution in [2.24, 2.45) is 0 Å². The van der Waals surface area contributed by atoms with Crippen LogP contribution in [-0.4, -0.2) is 23.9 Å². The highest BCUT2D eigenvalue weighted by Gasteiger charge is 2.22. The van der Waals surface area contributed by atoms with Gasteiger partial charge in [-0.2, -0.15) is 4.68 Å². The highest BCUT2D eigenvalue weighted by atomic mass is 35.5. The molecule has 7 nitrogen and oxygen atoms in total. The molecule has 9 heteroatoms. The number of pyridine rings is 2. The quantitative estimate of drug-likeness (QED) is 0.324. The summed E-state index contributed by atoms with van der Waals surface area (Å²) in [5.74, 6) is 0. The average Bonchev–Trinajstić information content (AvgIpc) is 3.42. The normalized spacial score (nSPS) is 11.5. The molecule has 0 saturated heterocycles. The summed E-state index contributed by atoms with van der Waals surface area (Å²) in [6.45, 7) is 2.45. The summed E-state index contributed by atoms with van der Waals surface area (Å²) >= 11 is 7.41. The molecule has 0 fully saturated rings. The summed E-state index contributed by atoms with van der Waals surface area (Å²) in [7, 11) is 0. The van der Waals surface area contributed by atoms with E-state index in [2.05, 4.69) is 4.98 Å². The number of hydrogen-bond acceptors (Lipinski definition) is 5. The SMILES string of the molecule is Cc1c2c(=O)n(-c3nc4ccccc4s3)n(Cc3ccccc3)c2cc(=O)n1Cc1ccc(Cl)cn1. The molecule has 0 aliphatic rings. The van der Waals surface area contributed by atoms with Crippen LogP contribution in [0.4, 0.5) is 0 Å². The maximum atomic E-state index is 14.0. The minimum Gasteiger partial charge on any atom is -0.306 e. The van der Waals surface area contributed by atoms with Gasteiger partial charge in [0.15, 0.2) is 0 Å². The van der Waals surface area contributed by atoms with Gasteiger partial charge in [-0.3, -0.25) is 19.3 Å². The molecule has 0 aliphatic heterocycles. The van der Waals surface area contributed by atoms with Crippen molar-refractivity contribution in [1.82, 2.24) is 23.9 Å². The van der Waals surface area contributed by atoms with Gasteiger partial charge in [0.2, 0.25) is 5.13 Å². The Balaban J connectivity index is 1.60. The van der Waals surface area contributed by atoms with Crippen molar-refractivity contribution < 1.29 is 0 Å². The minimum atomic E-state index is -0.213. The molecule has 0 spiro atoms. The van der Waals surface area contributed by atoms with Gasteiger partial charge in [0.05, 0.1) is 44.9 Å². The topological polar surface area (TPSA) is 74.7 Å². The van der Waals surface area contributed by atoms with Gasteiger partial charge >= 0.3 is 0 Å². The molecule has 6 rings (SSSR count). The molecule has 0 N–H and O–H groups in total. The summed E-state index contributed by atoms with van der Waals surface area (Å²) in [6, 6.07) is 22.7. The van der Waals surface area contributed by atoms with E-state index in [1.165, 1.54) is 17.4 Å². The number of hydrogen-bond donors (Lipinski definition) is 0. The molecule has 0 amide bonds. The van der Waals surface area contributed by atoms with E-state index in [0.29, 0.717) is 39.0 Å². The van der Waals surface area contributed by atoms with Crippen molar-refractivity contribution in [3.8, 4) is 5.13 Å². The third-order valence-corrected chi connectivity index (χ3v) is 7.46. The molecule has 0 atom stereocenters. The summed E-state index contributed by atoms with van der Waals surface area (Å²) in [5.41, 5.74) is 3.25. The van der Waals surface area contributed by atoms with Crippen LogP contribution in [0.15, 0.2) is 88.6 Å².